The zero-order valence-corrected chi connectivity index (χ0v) is 15.7. The molecule has 134 valence electrons. The van der Waals surface area contributed by atoms with Gasteiger partial charge in [0.1, 0.15) is 5.60 Å². The van der Waals surface area contributed by atoms with E-state index in [9.17, 15) is 0 Å². The molecule has 25 heavy (non-hydrogen) atoms. The van der Waals surface area contributed by atoms with Gasteiger partial charge in [-0.25, -0.2) is 0 Å². The summed E-state index contributed by atoms with van der Waals surface area (Å²) >= 11 is 0. The van der Waals surface area contributed by atoms with Gasteiger partial charge in [0.2, 0.25) is 0 Å². The van der Waals surface area contributed by atoms with Crippen LogP contribution < -0.4 is 0 Å². The molecule has 0 bridgehead atoms. The molecule has 1 unspecified atom stereocenters. The summed E-state index contributed by atoms with van der Waals surface area (Å²) < 4.78 is 6.54. The van der Waals surface area contributed by atoms with Gasteiger partial charge >= 0.3 is 0 Å². The lowest BCUT2D eigenvalue weighted by Gasteiger charge is -2.32. The molecule has 0 saturated carbocycles. The monoisotopic (exact) mass is 337 g/mol. The van der Waals surface area contributed by atoms with E-state index in [1.807, 2.05) is 0 Å². The molecule has 0 N–H and O–H groups in total. The number of aryl methyl sites for hydroxylation is 1. The fourth-order valence-electron chi connectivity index (χ4n) is 3.70. The summed E-state index contributed by atoms with van der Waals surface area (Å²) in [6.45, 7) is 8.55. The Morgan fingerprint density at radius 3 is 2.08 bits per heavy atom. The summed E-state index contributed by atoms with van der Waals surface area (Å²) in [6, 6.07) is 19.4. The molecule has 0 aromatic heterocycles. The molecule has 0 aliphatic carbocycles. The van der Waals surface area contributed by atoms with Gasteiger partial charge in [0.15, 0.2) is 0 Å². The van der Waals surface area contributed by atoms with E-state index < -0.39 is 5.60 Å². The third kappa shape index (κ3) is 4.71. The molecule has 3 rings (SSSR count). The maximum absolute atomic E-state index is 6.54. The highest BCUT2D eigenvalue weighted by atomic mass is 16.5. The highest BCUT2D eigenvalue weighted by molar-refractivity contribution is 5.36. The predicted octanol–water partition coefficient (Wildman–Crippen LogP) is 5.15. The van der Waals surface area contributed by atoms with Crippen molar-refractivity contribution in [3.8, 4) is 0 Å². The standard InChI is InChI=1S/C23H31NO/c1-20-12-14-22(15-13-20)23(2,21-10-6-5-7-11-21)25-19-18-24-16-8-3-4-9-17-24/h5-7,10-15H,3-4,8-9,16-19H2,1-2H3. The molecule has 2 heteroatoms. The average molecular weight is 338 g/mol. The highest BCUT2D eigenvalue weighted by Crippen LogP contribution is 2.33. The molecular formula is C23H31NO. The van der Waals surface area contributed by atoms with Crippen LogP contribution in [0.3, 0.4) is 0 Å². The Morgan fingerprint density at radius 2 is 1.44 bits per heavy atom. The van der Waals surface area contributed by atoms with Gasteiger partial charge in [-0.15, -0.1) is 0 Å². The first kappa shape index (κ1) is 18.2. The molecular weight excluding hydrogens is 306 g/mol. The van der Waals surface area contributed by atoms with E-state index in [4.69, 9.17) is 4.74 Å². The summed E-state index contributed by atoms with van der Waals surface area (Å²) in [5, 5.41) is 0. The van der Waals surface area contributed by atoms with E-state index in [-0.39, 0.29) is 0 Å². The second kappa shape index (κ2) is 8.64. The van der Waals surface area contributed by atoms with Crippen LogP contribution in [0.1, 0.15) is 49.3 Å². The van der Waals surface area contributed by atoms with E-state index in [2.05, 4.69) is 73.3 Å². The zero-order valence-electron chi connectivity index (χ0n) is 15.7. The van der Waals surface area contributed by atoms with Crippen LogP contribution in [0.15, 0.2) is 54.6 Å². The van der Waals surface area contributed by atoms with Crippen molar-refractivity contribution in [2.75, 3.05) is 26.2 Å². The molecule has 0 radical (unpaired) electrons. The summed E-state index contributed by atoms with van der Waals surface area (Å²) in [7, 11) is 0. The van der Waals surface area contributed by atoms with E-state index >= 15 is 0 Å². The maximum Gasteiger partial charge on any atom is 0.115 e. The molecule has 0 amide bonds. The molecule has 0 spiro atoms. The summed E-state index contributed by atoms with van der Waals surface area (Å²) in [4.78, 5) is 2.56. The Hall–Kier alpha value is -1.64. The Morgan fingerprint density at radius 1 is 0.840 bits per heavy atom. The minimum absolute atomic E-state index is 0.402. The molecule has 1 atom stereocenters. The lowest BCUT2D eigenvalue weighted by atomic mass is 9.87. The fraction of sp³-hybridized carbons (Fsp3) is 0.478. The second-order valence-corrected chi connectivity index (χ2v) is 7.37. The largest absolute Gasteiger partial charge is 0.365 e. The van der Waals surface area contributed by atoms with Gasteiger partial charge < -0.3 is 9.64 Å². The summed E-state index contributed by atoms with van der Waals surface area (Å²) in [6.07, 6.45) is 5.41. The first-order valence-corrected chi connectivity index (χ1v) is 9.67. The third-order valence-corrected chi connectivity index (χ3v) is 5.42. The van der Waals surface area contributed by atoms with Crippen molar-refractivity contribution in [2.45, 2.75) is 45.1 Å². The number of likely N-dealkylation sites (tertiary alicyclic amines) is 1. The quantitative estimate of drug-likeness (QED) is 0.722. The van der Waals surface area contributed by atoms with Gasteiger partial charge in [-0.2, -0.15) is 0 Å². The maximum atomic E-state index is 6.54. The van der Waals surface area contributed by atoms with Crippen LogP contribution in [-0.2, 0) is 10.3 Å². The minimum Gasteiger partial charge on any atom is -0.365 e. The van der Waals surface area contributed by atoms with Gasteiger partial charge in [-0.05, 0) is 50.9 Å². The number of rotatable bonds is 6. The van der Waals surface area contributed by atoms with Crippen molar-refractivity contribution in [3.63, 3.8) is 0 Å². The van der Waals surface area contributed by atoms with Gasteiger partial charge in [-0.3, -0.25) is 0 Å². The Labute approximate surface area is 152 Å². The molecule has 1 aliphatic rings. The van der Waals surface area contributed by atoms with Crippen LogP contribution in [0.25, 0.3) is 0 Å². The first-order chi connectivity index (χ1) is 12.2. The Bertz CT molecular complexity index is 629. The van der Waals surface area contributed by atoms with Crippen molar-refractivity contribution < 1.29 is 4.74 Å². The van der Waals surface area contributed by atoms with Gasteiger partial charge in [0.05, 0.1) is 6.61 Å². The first-order valence-electron chi connectivity index (χ1n) is 9.67. The molecule has 2 aromatic carbocycles. The highest BCUT2D eigenvalue weighted by Gasteiger charge is 2.29. The van der Waals surface area contributed by atoms with E-state index in [1.165, 1.54) is 55.5 Å². The number of hydrogen-bond donors (Lipinski definition) is 0. The van der Waals surface area contributed by atoms with Crippen molar-refractivity contribution in [1.82, 2.24) is 4.90 Å². The van der Waals surface area contributed by atoms with Gasteiger partial charge in [-0.1, -0.05) is 73.0 Å². The second-order valence-electron chi connectivity index (χ2n) is 7.37. The zero-order chi connectivity index (χ0) is 17.5. The van der Waals surface area contributed by atoms with Crippen molar-refractivity contribution in [3.05, 3.63) is 71.3 Å². The van der Waals surface area contributed by atoms with E-state index in [0.717, 1.165) is 13.2 Å². The predicted molar refractivity (Wildman–Crippen MR) is 105 cm³/mol. The molecule has 1 heterocycles. The van der Waals surface area contributed by atoms with Crippen LogP contribution >= 0.6 is 0 Å². The Kier molecular flexibility index (Phi) is 6.28. The fourth-order valence-corrected chi connectivity index (χ4v) is 3.70. The number of nitrogens with zero attached hydrogens (tertiary/aromatic N) is 1. The van der Waals surface area contributed by atoms with Crippen LogP contribution in [0.4, 0.5) is 0 Å². The van der Waals surface area contributed by atoms with Crippen molar-refractivity contribution >= 4 is 0 Å². The van der Waals surface area contributed by atoms with Crippen molar-refractivity contribution in [2.24, 2.45) is 0 Å². The summed E-state index contributed by atoms with van der Waals surface area (Å²) in [5.41, 5.74) is 3.32. The van der Waals surface area contributed by atoms with Gasteiger partial charge in [0, 0.05) is 6.54 Å². The van der Waals surface area contributed by atoms with Gasteiger partial charge in [0.25, 0.3) is 0 Å². The van der Waals surface area contributed by atoms with Crippen LogP contribution in [0.5, 0.6) is 0 Å². The van der Waals surface area contributed by atoms with Crippen LogP contribution in [0.2, 0.25) is 0 Å². The molecule has 1 saturated heterocycles. The topological polar surface area (TPSA) is 12.5 Å². The number of benzene rings is 2. The SMILES string of the molecule is Cc1ccc(C(C)(OCCN2CCCCCC2)c2ccccc2)cc1. The van der Waals surface area contributed by atoms with E-state index in [0.29, 0.717) is 0 Å². The smallest absolute Gasteiger partial charge is 0.115 e. The molecule has 1 fully saturated rings. The minimum atomic E-state index is -0.402. The Balaban J connectivity index is 1.73. The number of ether oxygens (including phenoxy) is 1. The van der Waals surface area contributed by atoms with E-state index in [1.54, 1.807) is 0 Å². The normalized spacial score (nSPS) is 18.5. The van der Waals surface area contributed by atoms with Crippen LogP contribution in [-0.4, -0.2) is 31.1 Å². The molecule has 2 nitrogen and oxygen atoms in total. The summed E-state index contributed by atoms with van der Waals surface area (Å²) in [5.74, 6) is 0. The molecule has 1 aliphatic heterocycles. The lowest BCUT2D eigenvalue weighted by Crippen LogP contribution is -2.34. The average Bonchev–Trinajstić information content (AvgIpc) is 2.92. The molecule has 2 aromatic rings. The van der Waals surface area contributed by atoms with Crippen LogP contribution in [0, 0.1) is 6.92 Å². The lowest BCUT2D eigenvalue weighted by molar-refractivity contribution is -0.0141. The third-order valence-electron chi connectivity index (χ3n) is 5.42. The number of hydrogen-bond acceptors (Lipinski definition) is 2. The van der Waals surface area contributed by atoms with Crippen molar-refractivity contribution in [1.29, 1.82) is 0 Å².